The number of pyridine rings is 1. The van der Waals surface area contributed by atoms with Crippen molar-refractivity contribution in [1.29, 1.82) is 0 Å². The van der Waals surface area contributed by atoms with E-state index in [9.17, 15) is 4.79 Å². The van der Waals surface area contributed by atoms with Crippen molar-refractivity contribution in [2.45, 2.75) is 6.92 Å². The molecule has 0 saturated heterocycles. The van der Waals surface area contributed by atoms with Gasteiger partial charge in [-0.2, -0.15) is 0 Å². The van der Waals surface area contributed by atoms with Crippen LogP contribution in [0.3, 0.4) is 0 Å². The molecular weight excluding hydrogens is 226 g/mol. The van der Waals surface area contributed by atoms with Crippen molar-refractivity contribution in [3.63, 3.8) is 0 Å². The van der Waals surface area contributed by atoms with Gasteiger partial charge in [-0.3, -0.25) is 0 Å². The minimum absolute atomic E-state index is 0.265. The average molecular weight is 236 g/mol. The van der Waals surface area contributed by atoms with Crippen molar-refractivity contribution in [1.82, 2.24) is 4.98 Å². The van der Waals surface area contributed by atoms with E-state index in [1.165, 1.54) is 7.11 Å². The Morgan fingerprint density at radius 2 is 2.12 bits per heavy atom. The van der Waals surface area contributed by atoms with Gasteiger partial charge >= 0.3 is 5.97 Å². The minimum atomic E-state index is -0.460. The lowest BCUT2D eigenvalue weighted by Crippen LogP contribution is -2.04. The monoisotopic (exact) mass is 235 g/mol. The van der Waals surface area contributed by atoms with Gasteiger partial charge in [0.2, 0.25) is 0 Å². The number of rotatable bonds is 1. The molecule has 0 atom stereocenters. The van der Waals surface area contributed by atoms with Crippen LogP contribution in [0, 0.1) is 6.92 Å². The number of hydrogen-bond donors (Lipinski definition) is 0. The summed E-state index contributed by atoms with van der Waals surface area (Å²) in [6.07, 6.45) is 0. The first kappa shape index (κ1) is 10.9. The first-order valence-corrected chi connectivity index (χ1v) is 5.15. The van der Waals surface area contributed by atoms with Crippen molar-refractivity contribution in [2.75, 3.05) is 7.11 Å². The predicted octanol–water partition coefficient (Wildman–Crippen LogP) is 2.98. The summed E-state index contributed by atoms with van der Waals surface area (Å²) in [7, 11) is 1.32. The number of fused-ring (bicyclic) bond motifs is 1. The number of aromatic nitrogens is 1. The Kier molecular flexibility index (Phi) is 2.79. The molecule has 0 aliphatic carbocycles. The summed E-state index contributed by atoms with van der Waals surface area (Å²) in [5.41, 5.74) is 1.95. The van der Waals surface area contributed by atoms with Crippen molar-refractivity contribution >= 4 is 28.5 Å². The molecule has 82 valence electrons. The van der Waals surface area contributed by atoms with Crippen LogP contribution in [0.15, 0.2) is 24.3 Å². The van der Waals surface area contributed by atoms with Crippen LogP contribution in [-0.2, 0) is 4.74 Å². The highest BCUT2D eigenvalue weighted by Crippen LogP contribution is 2.23. The van der Waals surface area contributed by atoms with Crippen LogP contribution in [0.1, 0.15) is 16.1 Å². The topological polar surface area (TPSA) is 39.2 Å². The van der Waals surface area contributed by atoms with Gasteiger partial charge in [0.15, 0.2) is 0 Å². The molecule has 1 aromatic heterocycles. The fraction of sp³-hybridized carbons (Fsp3) is 0.167. The molecular formula is C12H10ClNO2. The maximum atomic E-state index is 11.3. The number of hydrogen-bond acceptors (Lipinski definition) is 3. The van der Waals surface area contributed by atoms with Crippen LogP contribution in [0.4, 0.5) is 0 Å². The lowest BCUT2D eigenvalue weighted by Gasteiger charge is -2.04. The van der Waals surface area contributed by atoms with E-state index in [0.29, 0.717) is 10.5 Å². The van der Waals surface area contributed by atoms with E-state index >= 15 is 0 Å². The Morgan fingerprint density at radius 1 is 1.38 bits per heavy atom. The highest BCUT2D eigenvalue weighted by Gasteiger charge is 2.09. The molecule has 0 bridgehead atoms. The zero-order chi connectivity index (χ0) is 11.7. The zero-order valence-corrected chi connectivity index (χ0v) is 9.71. The summed E-state index contributed by atoms with van der Waals surface area (Å²) >= 11 is 6.07. The van der Waals surface area contributed by atoms with Gasteiger partial charge in [0.25, 0.3) is 0 Å². The second-order valence-electron chi connectivity index (χ2n) is 3.51. The number of halogens is 1. The molecule has 2 rings (SSSR count). The number of carbonyl (C=O) groups is 1. The molecule has 0 aliphatic heterocycles. The van der Waals surface area contributed by atoms with Crippen LogP contribution in [0.25, 0.3) is 10.9 Å². The van der Waals surface area contributed by atoms with Crippen molar-refractivity contribution in [3.05, 3.63) is 40.5 Å². The molecule has 4 heteroatoms. The molecule has 2 aromatic rings. The van der Waals surface area contributed by atoms with Gasteiger partial charge in [0.05, 0.1) is 17.6 Å². The van der Waals surface area contributed by atoms with Gasteiger partial charge in [-0.25, -0.2) is 9.78 Å². The smallest absolute Gasteiger partial charge is 0.356 e. The molecule has 0 amide bonds. The molecule has 1 aromatic carbocycles. The van der Waals surface area contributed by atoms with E-state index in [1.54, 1.807) is 6.07 Å². The van der Waals surface area contributed by atoms with Crippen LogP contribution in [0.2, 0.25) is 5.02 Å². The standard InChI is InChI=1S/C12H10ClNO2/c1-7-5-8-3-4-10(12(15)16-2)14-11(8)9(13)6-7/h3-6H,1-2H3. The van der Waals surface area contributed by atoms with E-state index in [1.807, 2.05) is 25.1 Å². The number of aryl methyl sites for hydroxylation is 1. The molecule has 0 aliphatic rings. The maximum absolute atomic E-state index is 11.3. The fourth-order valence-corrected chi connectivity index (χ4v) is 1.87. The number of ether oxygens (including phenoxy) is 1. The third kappa shape index (κ3) is 1.86. The van der Waals surface area contributed by atoms with E-state index in [-0.39, 0.29) is 5.69 Å². The molecule has 0 saturated carbocycles. The lowest BCUT2D eigenvalue weighted by molar-refractivity contribution is 0.0594. The summed E-state index contributed by atoms with van der Waals surface area (Å²) < 4.78 is 4.60. The third-order valence-corrected chi connectivity index (χ3v) is 2.57. The first-order valence-electron chi connectivity index (χ1n) is 4.77. The van der Waals surface area contributed by atoms with E-state index in [4.69, 9.17) is 11.6 Å². The summed E-state index contributed by atoms with van der Waals surface area (Å²) in [5.74, 6) is -0.460. The number of carbonyl (C=O) groups excluding carboxylic acids is 1. The summed E-state index contributed by atoms with van der Waals surface area (Å²) in [4.78, 5) is 15.5. The average Bonchev–Trinajstić information content (AvgIpc) is 2.27. The largest absolute Gasteiger partial charge is 0.464 e. The maximum Gasteiger partial charge on any atom is 0.356 e. The number of benzene rings is 1. The van der Waals surface area contributed by atoms with Gasteiger partial charge in [0, 0.05) is 5.39 Å². The van der Waals surface area contributed by atoms with Crippen LogP contribution in [-0.4, -0.2) is 18.1 Å². The van der Waals surface area contributed by atoms with Crippen molar-refractivity contribution in [3.8, 4) is 0 Å². The Labute approximate surface area is 98.0 Å². The van der Waals surface area contributed by atoms with Crippen molar-refractivity contribution < 1.29 is 9.53 Å². The van der Waals surface area contributed by atoms with E-state index < -0.39 is 5.97 Å². The van der Waals surface area contributed by atoms with Gasteiger partial charge in [-0.1, -0.05) is 17.7 Å². The number of methoxy groups -OCH3 is 1. The second kappa shape index (κ2) is 4.10. The Bertz CT molecular complexity index is 566. The van der Waals surface area contributed by atoms with E-state index in [2.05, 4.69) is 9.72 Å². The fourth-order valence-electron chi connectivity index (χ4n) is 1.55. The molecule has 0 fully saturated rings. The molecule has 3 nitrogen and oxygen atoms in total. The van der Waals surface area contributed by atoms with Gasteiger partial charge in [-0.15, -0.1) is 0 Å². The molecule has 16 heavy (non-hydrogen) atoms. The molecule has 0 unspecified atom stereocenters. The highest BCUT2D eigenvalue weighted by atomic mass is 35.5. The van der Waals surface area contributed by atoms with Crippen LogP contribution in [0.5, 0.6) is 0 Å². The summed E-state index contributed by atoms with van der Waals surface area (Å²) in [6, 6.07) is 7.23. The van der Waals surface area contributed by atoms with Gasteiger partial charge in [-0.05, 0) is 30.7 Å². The Balaban J connectivity index is 2.66. The normalized spacial score (nSPS) is 10.4. The Hall–Kier alpha value is -1.61. The highest BCUT2D eigenvalue weighted by molar-refractivity contribution is 6.35. The van der Waals surface area contributed by atoms with Crippen molar-refractivity contribution in [2.24, 2.45) is 0 Å². The van der Waals surface area contributed by atoms with Gasteiger partial charge in [0.1, 0.15) is 5.69 Å². The Morgan fingerprint density at radius 3 is 2.81 bits per heavy atom. The first-order chi connectivity index (χ1) is 7.61. The molecule has 0 radical (unpaired) electrons. The lowest BCUT2D eigenvalue weighted by atomic mass is 10.1. The summed E-state index contributed by atoms with van der Waals surface area (Å²) in [5, 5.41) is 1.46. The van der Waals surface area contributed by atoms with Crippen LogP contribution < -0.4 is 0 Å². The molecule has 1 heterocycles. The third-order valence-electron chi connectivity index (χ3n) is 2.28. The summed E-state index contributed by atoms with van der Waals surface area (Å²) in [6.45, 7) is 1.96. The SMILES string of the molecule is COC(=O)c1ccc2cc(C)cc(Cl)c2n1. The predicted molar refractivity (Wildman–Crippen MR) is 62.8 cm³/mol. The second-order valence-corrected chi connectivity index (χ2v) is 3.91. The number of esters is 1. The molecule has 0 spiro atoms. The minimum Gasteiger partial charge on any atom is -0.464 e. The van der Waals surface area contributed by atoms with E-state index in [0.717, 1.165) is 10.9 Å². The zero-order valence-electron chi connectivity index (χ0n) is 8.95. The molecule has 0 N–H and O–H groups in total. The van der Waals surface area contributed by atoms with Crippen LogP contribution >= 0.6 is 11.6 Å². The quantitative estimate of drug-likeness (QED) is 0.714. The number of nitrogens with zero attached hydrogens (tertiary/aromatic N) is 1. The van der Waals surface area contributed by atoms with Gasteiger partial charge < -0.3 is 4.74 Å².